The van der Waals surface area contributed by atoms with Crippen LogP contribution < -0.4 is 11.5 Å². The molecule has 0 radical (unpaired) electrons. The standard InChI is InChI=1S/C34H44N2O7/c35-27-23-16-21-15-20-14-19-12-6-10-17-8-4-2-1-3-5-9-18(17)11-7-13-22(19)28(37)24(20)29(38)25(21)31(40)34(23,43)32(41)26(30(27)39)33(36)42/h14,17-18,21,23,27,37,39-40,43H,1-13,15-16,35H2,(H2,36,42)/t17?,18?,21-,23-,27-,34-/m0/s1. The van der Waals surface area contributed by atoms with Crippen LogP contribution >= 0.6 is 0 Å². The zero-order chi connectivity index (χ0) is 30.6. The Morgan fingerprint density at radius 1 is 0.860 bits per heavy atom. The minimum Gasteiger partial charge on any atom is -0.510 e. The number of aromatic hydroxyl groups is 1. The van der Waals surface area contributed by atoms with E-state index in [1.54, 1.807) is 0 Å². The van der Waals surface area contributed by atoms with Gasteiger partial charge in [-0.2, -0.15) is 0 Å². The molecule has 1 aromatic rings. The molecule has 1 amide bonds. The van der Waals surface area contributed by atoms with Gasteiger partial charge in [0.25, 0.3) is 5.91 Å². The van der Waals surface area contributed by atoms with Gasteiger partial charge in [0.1, 0.15) is 22.8 Å². The van der Waals surface area contributed by atoms with Gasteiger partial charge in [-0.1, -0.05) is 51.0 Å². The summed E-state index contributed by atoms with van der Waals surface area (Å²) in [6.45, 7) is 0. The number of amides is 1. The molecule has 0 aromatic heterocycles. The molecule has 0 bridgehead atoms. The summed E-state index contributed by atoms with van der Waals surface area (Å²) in [6.07, 6.45) is 15.1. The second-order valence-corrected chi connectivity index (χ2v) is 13.6. The summed E-state index contributed by atoms with van der Waals surface area (Å²) in [7, 11) is 0. The second kappa shape index (κ2) is 11.4. The molecule has 43 heavy (non-hydrogen) atoms. The van der Waals surface area contributed by atoms with Crippen LogP contribution in [0, 0.1) is 23.7 Å². The topological polar surface area (TPSA) is 184 Å². The van der Waals surface area contributed by atoms with E-state index >= 15 is 0 Å². The van der Waals surface area contributed by atoms with Crippen LogP contribution in [0.5, 0.6) is 5.75 Å². The summed E-state index contributed by atoms with van der Waals surface area (Å²) < 4.78 is 0. The second-order valence-electron chi connectivity index (χ2n) is 13.6. The van der Waals surface area contributed by atoms with Gasteiger partial charge in [-0.15, -0.1) is 0 Å². The minimum absolute atomic E-state index is 0.0188. The summed E-state index contributed by atoms with van der Waals surface area (Å²) >= 11 is 0. The van der Waals surface area contributed by atoms with Crippen molar-refractivity contribution in [2.45, 2.75) is 108 Å². The van der Waals surface area contributed by atoms with Crippen LogP contribution in [0.2, 0.25) is 0 Å². The Kier molecular flexibility index (Phi) is 7.92. The van der Waals surface area contributed by atoms with Crippen molar-refractivity contribution in [3.05, 3.63) is 51.0 Å². The number of phenols is 1. The minimum atomic E-state index is -2.68. The van der Waals surface area contributed by atoms with E-state index in [2.05, 4.69) is 0 Å². The highest BCUT2D eigenvalue weighted by molar-refractivity contribution is 6.24. The molecule has 6 rings (SSSR count). The van der Waals surface area contributed by atoms with Gasteiger partial charge in [0.2, 0.25) is 5.78 Å². The monoisotopic (exact) mass is 592 g/mol. The van der Waals surface area contributed by atoms with E-state index in [0.717, 1.165) is 42.7 Å². The molecule has 9 heteroatoms. The number of aryl methyl sites for hydroxylation is 1. The van der Waals surface area contributed by atoms with E-state index in [1.165, 1.54) is 51.4 Å². The summed E-state index contributed by atoms with van der Waals surface area (Å²) in [4.78, 5) is 39.3. The summed E-state index contributed by atoms with van der Waals surface area (Å²) in [6, 6.07) is 0.692. The fraction of sp³-hybridized carbons (Fsp3) is 0.618. The first-order chi connectivity index (χ1) is 20.6. The average molecular weight is 593 g/mol. The molecule has 8 N–H and O–H groups in total. The van der Waals surface area contributed by atoms with E-state index < -0.39 is 58.0 Å². The SMILES string of the molecule is NC(=O)C1=C(O)[C@@H](N)[C@@H]2C[C@@H]3Cc4cc5c(c(O)c4C(=O)C3=C(O)[C@]2(O)C1=O)CCCC1CCCCCCCC1CCC5. The molecule has 5 aliphatic carbocycles. The Hall–Kier alpha value is -3.17. The first-order valence-electron chi connectivity index (χ1n) is 16.2. The predicted octanol–water partition coefficient (Wildman–Crippen LogP) is 4.15. The number of ketones is 2. The van der Waals surface area contributed by atoms with Crippen LogP contribution in [0.15, 0.2) is 28.7 Å². The van der Waals surface area contributed by atoms with Gasteiger partial charge in [-0.3, -0.25) is 14.4 Å². The number of hydrogen-bond acceptors (Lipinski definition) is 8. The van der Waals surface area contributed by atoms with Crippen molar-refractivity contribution in [2.75, 3.05) is 0 Å². The number of nitrogens with two attached hydrogens (primary N) is 2. The van der Waals surface area contributed by atoms with Gasteiger partial charge in [0.15, 0.2) is 11.4 Å². The van der Waals surface area contributed by atoms with E-state index in [4.69, 9.17) is 11.5 Å². The van der Waals surface area contributed by atoms with Crippen molar-refractivity contribution in [1.82, 2.24) is 0 Å². The fourth-order valence-corrected chi connectivity index (χ4v) is 9.04. The molecule has 9 nitrogen and oxygen atoms in total. The highest BCUT2D eigenvalue weighted by Gasteiger charge is 2.62. The van der Waals surface area contributed by atoms with Crippen LogP contribution in [0.25, 0.3) is 0 Å². The third-order valence-corrected chi connectivity index (χ3v) is 11.3. The largest absolute Gasteiger partial charge is 0.510 e. The number of primary amides is 1. The molecule has 2 unspecified atom stereocenters. The van der Waals surface area contributed by atoms with E-state index in [-0.39, 0.29) is 23.3 Å². The molecule has 0 saturated heterocycles. The molecule has 0 aliphatic heterocycles. The smallest absolute Gasteiger partial charge is 0.255 e. The number of Topliss-reactive ketones (excluding diaryl/α,β-unsaturated/α-hetero) is 2. The maximum atomic E-state index is 14.0. The van der Waals surface area contributed by atoms with Gasteiger partial charge in [-0.25, -0.2) is 0 Å². The lowest BCUT2D eigenvalue weighted by molar-refractivity contribution is -0.145. The van der Waals surface area contributed by atoms with Crippen LogP contribution in [0.3, 0.4) is 0 Å². The zero-order valence-electron chi connectivity index (χ0n) is 24.7. The maximum Gasteiger partial charge on any atom is 0.255 e. The Labute approximate surface area is 252 Å². The van der Waals surface area contributed by atoms with Gasteiger partial charge in [0.05, 0.1) is 11.6 Å². The van der Waals surface area contributed by atoms with Gasteiger partial charge >= 0.3 is 0 Å². The normalized spacial score (nSPS) is 33.6. The lowest BCUT2D eigenvalue weighted by atomic mass is 9.59. The average Bonchev–Trinajstić information content (AvgIpc) is 3.07. The van der Waals surface area contributed by atoms with Crippen molar-refractivity contribution >= 4 is 17.5 Å². The number of carbonyl (C=O) groups is 3. The highest BCUT2D eigenvalue weighted by Crippen LogP contribution is 2.52. The van der Waals surface area contributed by atoms with Gasteiger partial charge in [0, 0.05) is 11.5 Å². The highest BCUT2D eigenvalue weighted by atomic mass is 16.3. The lowest BCUT2D eigenvalue weighted by Gasteiger charge is -2.47. The Balaban J connectivity index is 1.36. The van der Waals surface area contributed by atoms with E-state index in [1.807, 2.05) is 6.07 Å². The first-order valence-corrected chi connectivity index (χ1v) is 16.2. The summed E-state index contributed by atoms with van der Waals surface area (Å²) in [5, 5.41) is 45.1. The zero-order valence-corrected chi connectivity index (χ0v) is 24.7. The van der Waals surface area contributed by atoms with E-state index in [0.29, 0.717) is 24.3 Å². The number of rotatable bonds is 1. The lowest BCUT2D eigenvalue weighted by Crippen LogP contribution is -2.63. The molecular weight excluding hydrogens is 548 g/mol. The Morgan fingerprint density at radius 2 is 1.47 bits per heavy atom. The molecule has 232 valence electrons. The molecule has 1 aromatic carbocycles. The van der Waals surface area contributed by atoms with Crippen molar-refractivity contribution in [3.63, 3.8) is 0 Å². The van der Waals surface area contributed by atoms with E-state index in [9.17, 15) is 34.8 Å². The van der Waals surface area contributed by atoms with Crippen LogP contribution in [0.1, 0.15) is 104 Å². The molecule has 1 saturated carbocycles. The molecule has 0 heterocycles. The Morgan fingerprint density at radius 3 is 2.12 bits per heavy atom. The van der Waals surface area contributed by atoms with Crippen molar-refractivity contribution in [1.29, 1.82) is 0 Å². The first kappa shape index (κ1) is 29.9. The van der Waals surface area contributed by atoms with Gasteiger partial charge in [-0.05, 0) is 85.8 Å². The number of hydrogen-bond donors (Lipinski definition) is 6. The van der Waals surface area contributed by atoms with Gasteiger partial charge < -0.3 is 31.9 Å². The third-order valence-electron chi connectivity index (χ3n) is 11.3. The number of phenolic OH excluding ortho intramolecular Hbond substituents is 1. The number of allylic oxidation sites excluding steroid dienone is 1. The molecule has 6 atom stereocenters. The van der Waals surface area contributed by atoms with Crippen LogP contribution in [-0.2, 0) is 28.9 Å². The van der Waals surface area contributed by atoms with Crippen molar-refractivity contribution in [2.24, 2.45) is 35.1 Å². The number of benzene rings is 1. The Bertz CT molecular complexity index is 1430. The van der Waals surface area contributed by atoms with Crippen LogP contribution in [0.4, 0.5) is 0 Å². The summed E-state index contributed by atoms with van der Waals surface area (Å²) in [5.41, 5.74) is 10.4. The fourth-order valence-electron chi connectivity index (χ4n) is 9.04. The summed E-state index contributed by atoms with van der Waals surface area (Å²) in [5.74, 6) is -5.19. The number of carbonyl (C=O) groups excluding carboxylic acids is 3. The molecule has 5 aliphatic rings. The molecule has 0 spiro atoms. The van der Waals surface area contributed by atoms with Crippen LogP contribution in [-0.4, -0.2) is 49.5 Å². The number of aliphatic hydroxyl groups is 3. The van der Waals surface area contributed by atoms with Crippen molar-refractivity contribution in [3.8, 4) is 5.75 Å². The quantitative estimate of drug-likeness (QED) is 0.263. The predicted molar refractivity (Wildman–Crippen MR) is 159 cm³/mol. The maximum absolute atomic E-state index is 14.0. The van der Waals surface area contributed by atoms with Crippen molar-refractivity contribution < 1.29 is 34.8 Å². The third kappa shape index (κ3) is 4.79. The molecule has 1 fully saturated rings. The molecular formula is C34H44N2O7. The number of aliphatic hydroxyl groups excluding tert-OH is 2. The number of fused-ring (bicyclic) bond motifs is 5.